The highest BCUT2D eigenvalue weighted by Crippen LogP contribution is 2.20. The Balaban J connectivity index is 1.86. The fourth-order valence-electron chi connectivity index (χ4n) is 2.39. The van der Waals surface area contributed by atoms with E-state index in [0.717, 1.165) is 15.9 Å². The molecule has 0 fully saturated rings. The van der Waals surface area contributed by atoms with Crippen LogP contribution in [0.25, 0.3) is 5.69 Å². The number of hydrogen-bond acceptors (Lipinski definition) is 3. The van der Waals surface area contributed by atoms with Crippen molar-refractivity contribution in [3.05, 3.63) is 70.5 Å². The average molecular weight is 385 g/mol. The number of aromatic nitrogens is 3. The fraction of sp³-hybridized carbons (Fsp3) is 0.167. The van der Waals surface area contributed by atoms with Gasteiger partial charge < -0.3 is 5.32 Å². The molecule has 0 spiro atoms. The van der Waals surface area contributed by atoms with Crippen molar-refractivity contribution in [2.75, 3.05) is 5.32 Å². The molecule has 122 valence electrons. The van der Waals surface area contributed by atoms with E-state index < -0.39 is 0 Å². The molecule has 0 aliphatic carbocycles. The van der Waals surface area contributed by atoms with Crippen LogP contribution in [-0.2, 0) is 0 Å². The lowest BCUT2D eigenvalue weighted by Gasteiger charge is -2.11. The van der Waals surface area contributed by atoms with Crippen LogP contribution in [0.3, 0.4) is 0 Å². The molecule has 24 heavy (non-hydrogen) atoms. The van der Waals surface area contributed by atoms with Crippen molar-refractivity contribution in [1.29, 1.82) is 0 Å². The number of amides is 1. The molecule has 0 bridgehead atoms. The van der Waals surface area contributed by atoms with Crippen molar-refractivity contribution in [2.24, 2.45) is 0 Å². The normalized spacial score (nSPS) is 10.8. The second-order valence-corrected chi connectivity index (χ2v) is 6.66. The number of benzene rings is 2. The number of nitrogens with zero attached hydrogens (tertiary/aromatic N) is 3. The van der Waals surface area contributed by atoms with Gasteiger partial charge in [-0.2, -0.15) is 0 Å². The van der Waals surface area contributed by atoms with Gasteiger partial charge in [0.1, 0.15) is 0 Å². The van der Waals surface area contributed by atoms with Gasteiger partial charge in [-0.1, -0.05) is 47.1 Å². The molecule has 0 aliphatic heterocycles. The molecule has 1 amide bonds. The van der Waals surface area contributed by atoms with Gasteiger partial charge in [-0.3, -0.25) is 4.79 Å². The summed E-state index contributed by atoms with van der Waals surface area (Å²) in [4.78, 5) is 12.4. The lowest BCUT2D eigenvalue weighted by molar-refractivity contribution is 0.102. The minimum atomic E-state index is -0.156. The summed E-state index contributed by atoms with van der Waals surface area (Å²) >= 11 is 3.38. The summed E-state index contributed by atoms with van der Waals surface area (Å²) in [6, 6.07) is 14.8. The Morgan fingerprint density at radius 1 is 1.17 bits per heavy atom. The summed E-state index contributed by atoms with van der Waals surface area (Å²) in [7, 11) is 0. The van der Waals surface area contributed by atoms with Crippen molar-refractivity contribution in [3.8, 4) is 5.69 Å². The molecular formula is C18H17BrN4O. The van der Waals surface area contributed by atoms with Gasteiger partial charge in [0.25, 0.3) is 5.91 Å². The molecule has 0 unspecified atom stereocenters. The summed E-state index contributed by atoms with van der Waals surface area (Å²) in [5.41, 5.74) is 3.19. The SMILES string of the molecule is CC(C)c1cnnn1-c1cccc(NC(=O)c2cccc(Br)c2)c1. The summed E-state index contributed by atoms with van der Waals surface area (Å²) in [5.74, 6) is 0.149. The molecule has 3 aromatic rings. The number of carbonyl (C=O) groups is 1. The maximum atomic E-state index is 12.4. The zero-order valence-electron chi connectivity index (χ0n) is 13.4. The third kappa shape index (κ3) is 3.54. The molecule has 0 aliphatic rings. The van der Waals surface area contributed by atoms with E-state index >= 15 is 0 Å². The minimum Gasteiger partial charge on any atom is -0.322 e. The molecule has 3 rings (SSSR count). The Morgan fingerprint density at radius 3 is 2.71 bits per heavy atom. The summed E-state index contributed by atoms with van der Waals surface area (Å²) in [6.07, 6.45) is 1.76. The molecule has 1 heterocycles. The van der Waals surface area contributed by atoms with Gasteiger partial charge in [-0.25, -0.2) is 4.68 Å². The molecule has 0 saturated carbocycles. The first-order valence-corrected chi connectivity index (χ1v) is 8.42. The maximum Gasteiger partial charge on any atom is 0.255 e. The van der Waals surface area contributed by atoms with Gasteiger partial charge in [0.05, 0.1) is 17.6 Å². The smallest absolute Gasteiger partial charge is 0.255 e. The van der Waals surface area contributed by atoms with E-state index in [1.54, 1.807) is 23.0 Å². The molecule has 1 aromatic heterocycles. The van der Waals surface area contributed by atoms with Gasteiger partial charge in [0, 0.05) is 15.7 Å². The first-order chi connectivity index (χ1) is 11.5. The predicted octanol–water partition coefficient (Wildman–Crippen LogP) is 4.41. The van der Waals surface area contributed by atoms with Gasteiger partial charge in [0.15, 0.2) is 0 Å². The maximum absolute atomic E-state index is 12.4. The molecule has 0 atom stereocenters. The van der Waals surface area contributed by atoms with Gasteiger partial charge >= 0.3 is 0 Å². The molecular weight excluding hydrogens is 368 g/mol. The third-order valence-corrected chi connectivity index (χ3v) is 4.10. The van der Waals surface area contributed by atoms with Crippen LogP contribution in [-0.4, -0.2) is 20.9 Å². The van der Waals surface area contributed by atoms with Crippen LogP contribution < -0.4 is 5.32 Å². The lowest BCUT2D eigenvalue weighted by atomic mass is 10.1. The van der Waals surface area contributed by atoms with E-state index in [2.05, 4.69) is 45.4 Å². The summed E-state index contributed by atoms with van der Waals surface area (Å²) in [6.45, 7) is 4.18. The predicted molar refractivity (Wildman–Crippen MR) is 97.5 cm³/mol. The largest absolute Gasteiger partial charge is 0.322 e. The molecule has 1 N–H and O–H groups in total. The van der Waals surface area contributed by atoms with Gasteiger partial charge in [0.2, 0.25) is 0 Å². The first-order valence-electron chi connectivity index (χ1n) is 7.62. The number of carbonyl (C=O) groups excluding carboxylic acids is 1. The lowest BCUT2D eigenvalue weighted by Crippen LogP contribution is -2.12. The zero-order valence-corrected chi connectivity index (χ0v) is 15.0. The van der Waals surface area contributed by atoms with Crippen LogP contribution in [0.1, 0.15) is 35.8 Å². The molecule has 6 heteroatoms. The fourth-order valence-corrected chi connectivity index (χ4v) is 2.78. The Morgan fingerprint density at radius 2 is 1.96 bits per heavy atom. The van der Waals surface area contributed by atoms with E-state index in [-0.39, 0.29) is 5.91 Å². The van der Waals surface area contributed by atoms with Crippen LogP contribution in [0.4, 0.5) is 5.69 Å². The van der Waals surface area contributed by atoms with Crippen molar-refractivity contribution in [2.45, 2.75) is 19.8 Å². The monoisotopic (exact) mass is 384 g/mol. The van der Waals surface area contributed by atoms with E-state index in [9.17, 15) is 4.79 Å². The number of halogens is 1. The highest BCUT2D eigenvalue weighted by Gasteiger charge is 2.11. The van der Waals surface area contributed by atoms with Crippen LogP contribution in [0.5, 0.6) is 0 Å². The van der Waals surface area contributed by atoms with Crippen molar-refractivity contribution in [1.82, 2.24) is 15.0 Å². The Bertz CT molecular complexity index is 873. The Labute approximate surface area is 148 Å². The summed E-state index contributed by atoms with van der Waals surface area (Å²) < 4.78 is 2.66. The van der Waals surface area contributed by atoms with Crippen LogP contribution >= 0.6 is 15.9 Å². The second-order valence-electron chi connectivity index (χ2n) is 5.74. The number of rotatable bonds is 4. The van der Waals surface area contributed by atoms with Crippen LogP contribution in [0.15, 0.2) is 59.2 Å². The molecule has 0 radical (unpaired) electrons. The van der Waals surface area contributed by atoms with Gasteiger partial charge in [-0.15, -0.1) is 5.10 Å². The number of hydrogen-bond donors (Lipinski definition) is 1. The first kappa shape index (κ1) is 16.4. The number of anilines is 1. The highest BCUT2D eigenvalue weighted by molar-refractivity contribution is 9.10. The van der Waals surface area contributed by atoms with Crippen molar-refractivity contribution >= 4 is 27.5 Å². The second kappa shape index (κ2) is 6.97. The van der Waals surface area contributed by atoms with Crippen LogP contribution in [0, 0.1) is 0 Å². The quantitative estimate of drug-likeness (QED) is 0.724. The Hall–Kier alpha value is -2.47. The number of nitrogens with one attached hydrogen (secondary N) is 1. The van der Waals surface area contributed by atoms with Gasteiger partial charge in [-0.05, 0) is 42.3 Å². The zero-order chi connectivity index (χ0) is 17.1. The van der Waals surface area contributed by atoms with E-state index in [1.807, 2.05) is 36.4 Å². The summed E-state index contributed by atoms with van der Waals surface area (Å²) in [5, 5.41) is 11.0. The standard InChI is InChI=1S/C18H17BrN4O/c1-12(2)17-11-20-22-23(17)16-8-4-7-15(10-16)21-18(24)13-5-3-6-14(19)9-13/h3-12H,1-2H3,(H,21,24). The van der Waals surface area contributed by atoms with Crippen LogP contribution in [0.2, 0.25) is 0 Å². The van der Waals surface area contributed by atoms with E-state index in [4.69, 9.17) is 0 Å². The molecule has 5 nitrogen and oxygen atoms in total. The van der Waals surface area contributed by atoms with Crippen molar-refractivity contribution < 1.29 is 4.79 Å². The van der Waals surface area contributed by atoms with E-state index in [0.29, 0.717) is 17.2 Å². The average Bonchev–Trinajstić information content (AvgIpc) is 3.05. The highest BCUT2D eigenvalue weighted by atomic mass is 79.9. The topological polar surface area (TPSA) is 59.8 Å². The van der Waals surface area contributed by atoms with E-state index in [1.165, 1.54) is 0 Å². The third-order valence-electron chi connectivity index (χ3n) is 3.60. The Kier molecular flexibility index (Phi) is 4.76. The molecule has 2 aromatic carbocycles. The molecule has 0 saturated heterocycles. The minimum absolute atomic E-state index is 0.156. The van der Waals surface area contributed by atoms with Crippen molar-refractivity contribution in [3.63, 3.8) is 0 Å².